The van der Waals surface area contributed by atoms with Crippen LogP contribution in [0.15, 0.2) is 0 Å². The fourth-order valence-corrected chi connectivity index (χ4v) is 2.31. The number of carboxylic acids is 1. The van der Waals surface area contributed by atoms with Gasteiger partial charge in [-0.3, -0.25) is 14.5 Å². The minimum atomic E-state index is -0.835. The molecule has 1 saturated heterocycles. The van der Waals surface area contributed by atoms with E-state index in [4.69, 9.17) is 9.84 Å². The van der Waals surface area contributed by atoms with Gasteiger partial charge < -0.3 is 15.2 Å². The minimum absolute atomic E-state index is 0.101. The summed E-state index contributed by atoms with van der Waals surface area (Å²) in [5.74, 6) is -1.03. The van der Waals surface area contributed by atoms with Gasteiger partial charge in [-0.1, -0.05) is 0 Å². The van der Waals surface area contributed by atoms with Crippen molar-refractivity contribution in [3.8, 4) is 0 Å². The van der Waals surface area contributed by atoms with Crippen LogP contribution in [0.5, 0.6) is 0 Å². The van der Waals surface area contributed by atoms with Crippen LogP contribution in [-0.4, -0.2) is 52.7 Å². The lowest BCUT2D eigenvalue weighted by molar-refractivity contribution is -0.137. The van der Waals surface area contributed by atoms with Crippen molar-refractivity contribution in [3.63, 3.8) is 0 Å². The molecule has 0 saturated carbocycles. The van der Waals surface area contributed by atoms with Crippen molar-refractivity contribution >= 4 is 18.0 Å². The quantitative estimate of drug-likeness (QED) is 0.728. The molecule has 126 valence electrons. The first-order chi connectivity index (χ1) is 10.2. The largest absolute Gasteiger partial charge is 0.481 e. The highest BCUT2D eigenvalue weighted by molar-refractivity contribution is 5.86. The van der Waals surface area contributed by atoms with Gasteiger partial charge in [-0.05, 0) is 46.5 Å². The Morgan fingerprint density at radius 3 is 2.55 bits per heavy atom. The summed E-state index contributed by atoms with van der Waals surface area (Å²) in [5, 5.41) is 11.3. The summed E-state index contributed by atoms with van der Waals surface area (Å²) < 4.78 is 5.31. The van der Waals surface area contributed by atoms with Crippen LogP contribution in [-0.2, 0) is 14.3 Å². The van der Waals surface area contributed by atoms with Crippen LogP contribution >= 0.6 is 0 Å². The summed E-state index contributed by atoms with van der Waals surface area (Å²) in [5.41, 5.74) is -0.586. The predicted octanol–water partition coefficient (Wildman–Crippen LogP) is 1.76. The van der Waals surface area contributed by atoms with Gasteiger partial charge >= 0.3 is 12.1 Å². The zero-order valence-electron chi connectivity index (χ0n) is 13.6. The van der Waals surface area contributed by atoms with Crippen molar-refractivity contribution < 1.29 is 24.2 Å². The molecule has 1 heterocycles. The van der Waals surface area contributed by atoms with Crippen LogP contribution in [0.25, 0.3) is 0 Å². The van der Waals surface area contributed by atoms with E-state index in [1.54, 1.807) is 20.8 Å². The molecule has 1 aliphatic rings. The molecule has 7 heteroatoms. The van der Waals surface area contributed by atoms with E-state index in [0.29, 0.717) is 32.4 Å². The average Bonchev–Trinajstić information content (AvgIpc) is 2.84. The third-order valence-corrected chi connectivity index (χ3v) is 3.30. The lowest BCUT2D eigenvalue weighted by Gasteiger charge is -2.28. The fourth-order valence-electron chi connectivity index (χ4n) is 2.31. The lowest BCUT2D eigenvalue weighted by atomic mass is 10.2. The third-order valence-electron chi connectivity index (χ3n) is 3.30. The van der Waals surface area contributed by atoms with Gasteiger partial charge in [0.15, 0.2) is 0 Å². The Labute approximate surface area is 131 Å². The smallest absolute Gasteiger partial charge is 0.410 e. The van der Waals surface area contributed by atoms with Gasteiger partial charge in [0, 0.05) is 19.5 Å². The summed E-state index contributed by atoms with van der Waals surface area (Å²) in [6, 6.07) is -0.491. The molecule has 1 fully saturated rings. The zero-order valence-corrected chi connectivity index (χ0v) is 13.6. The average molecular weight is 314 g/mol. The molecule has 0 spiro atoms. The van der Waals surface area contributed by atoms with Crippen LogP contribution < -0.4 is 5.32 Å². The van der Waals surface area contributed by atoms with E-state index in [0.717, 1.165) is 6.42 Å². The second-order valence-electron chi connectivity index (χ2n) is 6.47. The lowest BCUT2D eigenvalue weighted by Crippen LogP contribution is -2.47. The first-order valence-corrected chi connectivity index (χ1v) is 7.70. The Hall–Kier alpha value is -1.79. The Bertz CT molecular complexity index is 417. The molecule has 22 heavy (non-hydrogen) atoms. The number of ether oxygens (including phenoxy) is 1. The van der Waals surface area contributed by atoms with E-state index in [1.165, 1.54) is 4.90 Å². The SMILES string of the molecule is CC(C)(C)OC(=O)N1CCC[C@@H]1C(=O)NCCCCC(=O)O. The first-order valence-electron chi connectivity index (χ1n) is 7.70. The van der Waals surface area contributed by atoms with Gasteiger partial charge in [0.05, 0.1) is 0 Å². The van der Waals surface area contributed by atoms with Crippen LogP contribution in [0.3, 0.4) is 0 Å². The van der Waals surface area contributed by atoms with Gasteiger partial charge in [0.1, 0.15) is 11.6 Å². The van der Waals surface area contributed by atoms with Crippen molar-refractivity contribution in [2.75, 3.05) is 13.1 Å². The van der Waals surface area contributed by atoms with Crippen molar-refractivity contribution in [2.45, 2.75) is 64.5 Å². The maximum absolute atomic E-state index is 12.1. The summed E-state index contributed by atoms with van der Waals surface area (Å²) in [4.78, 5) is 36.1. The van der Waals surface area contributed by atoms with E-state index in [1.807, 2.05) is 0 Å². The topological polar surface area (TPSA) is 95.9 Å². The van der Waals surface area contributed by atoms with E-state index in [9.17, 15) is 14.4 Å². The Morgan fingerprint density at radius 1 is 1.27 bits per heavy atom. The van der Waals surface area contributed by atoms with Gasteiger partial charge in [0.25, 0.3) is 0 Å². The summed E-state index contributed by atoms with van der Waals surface area (Å²) in [7, 11) is 0. The van der Waals surface area contributed by atoms with E-state index >= 15 is 0 Å². The number of unbranched alkanes of at least 4 members (excludes halogenated alkanes) is 1. The molecule has 1 rings (SSSR count). The second kappa shape index (κ2) is 8.00. The molecular formula is C15H26N2O5. The minimum Gasteiger partial charge on any atom is -0.481 e. The molecule has 1 aliphatic heterocycles. The number of amides is 2. The monoisotopic (exact) mass is 314 g/mol. The van der Waals surface area contributed by atoms with Crippen LogP contribution in [0, 0.1) is 0 Å². The highest BCUT2D eigenvalue weighted by Crippen LogP contribution is 2.20. The van der Waals surface area contributed by atoms with Crippen LogP contribution in [0.2, 0.25) is 0 Å². The highest BCUT2D eigenvalue weighted by atomic mass is 16.6. The van der Waals surface area contributed by atoms with E-state index in [2.05, 4.69) is 5.32 Å². The van der Waals surface area contributed by atoms with Crippen molar-refractivity contribution in [1.82, 2.24) is 10.2 Å². The molecule has 0 unspecified atom stereocenters. The Morgan fingerprint density at radius 2 is 1.95 bits per heavy atom. The van der Waals surface area contributed by atoms with Gasteiger partial charge in [0.2, 0.25) is 5.91 Å². The number of hydrogen-bond acceptors (Lipinski definition) is 4. The molecule has 0 bridgehead atoms. The maximum Gasteiger partial charge on any atom is 0.410 e. The number of carbonyl (C=O) groups is 3. The second-order valence-corrected chi connectivity index (χ2v) is 6.47. The normalized spacial score (nSPS) is 18.1. The van der Waals surface area contributed by atoms with Crippen molar-refractivity contribution in [3.05, 3.63) is 0 Å². The van der Waals surface area contributed by atoms with Crippen LogP contribution in [0.4, 0.5) is 4.79 Å². The van der Waals surface area contributed by atoms with Gasteiger partial charge in [-0.15, -0.1) is 0 Å². The molecule has 0 aromatic heterocycles. The Balaban J connectivity index is 2.40. The van der Waals surface area contributed by atoms with Gasteiger partial charge in [-0.2, -0.15) is 0 Å². The molecular weight excluding hydrogens is 288 g/mol. The number of rotatable bonds is 6. The summed E-state index contributed by atoms with van der Waals surface area (Å²) >= 11 is 0. The molecule has 0 aromatic rings. The van der Waals surface area contributed by atoms with Crippen molar-refractivity contribution in [1.29, 1.82) is 0 Å². The standard InChI is InChI=1S/C15H26N2O5/c1-15(2,3)22-14(21)17-10-6-7-11(17)13(20)16-9-5-4-8-12(18)19/h11H,4-10H2,1-3H3,(H,16,20)(H,18,19)/t11-/m1/s1. The molecule has 0 aromatic carbocycles. The number of hydrogen-bond donors (Lipinski definition) is 2. The summed E-state index contributed by atoms with van der Waals surface area (Å²) in [6.45, 7) is 6.31. The van der Waals surface area contributed by atoms with Gasteiger partial charge in [-0.25, -0.2) is 4.79 Å². The Kier molecular flexibility index (Phi) is 6.64. The van der Waals surface area contributed by atoms with E-state index < -0.39 is 23.7 Å². The molecule has 2 amide bonds. The predicted molar refractivity (Wildman–Crippen MR) is 80.5 cm³/mol. The molecule has 7 nitrogen and oxygen atoms in total. The molecule has 0 aliphatic carbocycles. The number of nitrogens with zero attached hydrogens (tertiary/aromatic N) is 1. The van der Waals surface area contributed by atoms with E-state index in [-0.39, 0.29) is 12.3 Å². The molecule has 0 radical (unpaired) electrons. The fraction of sp³-hybridized carbons (Fsp3) is 0.800. The van der Waals surface area contributed by atoms with Crippen molar-refractivity contribution in [2.24, 2.45) is 0 Å². The number of aliphatic carboxylic acids is 1. The summed E-state index contributed by atoms with van der Waals surface area (Å²) in [6.07, 6.45) is 2.17. The number of nitrogens with one attached hydrogen (secondary N) is 1. The third kappa shape index (κ3) is 6.32. The van der Waals surface area contributed by atoms with Crippen LogP contribution in [0.1, 0.15) is 52.9 Å². The maximum atomic E-state index is 12.1. The number of likely N-dealkylation sites (tertiary alicyclic amines) is 1. The molecule has 1 atom stereocenters. The zero-order chi connectivity index (χ0) is 16.8. The highest BCUT2D eigenvalue weighted by Gasteiger charge is 2.36. The number of carbonyl (C=O) groups excluding carboxylic acids is 2. The first kappa shape index (κ1) is 18.3. The molecule has 2 N–H and O–H groups in total. The number of carboxylic acid groups (broad SMARTS) is 1.